The van der Waals surface area contributed by atoms with Crippen LogP contribution in [0.4, 0.5) is 0 Å². The molecule has 1 saturated heterocycles. The first-order chi connectivity index (χ1) is 14.9. The van der Waals surface area contributed by atoms with Gasteiger partial charge in [0, 0.05) is 42.7 Å². The van der Waals surface area contributed by atoms with E-state index in [9.17, 15) is 13.2 Å². The molecule has 3 aromatic rings. The Kier molecular flexibility index (Phi) is 6.16. The van der Waals surface area contributed by atoms with Crippen LogP contribution in [0.5, 0.6) is 0 Å². The monoisotopic (exact) mass is 439 g/mol. The molecule has 2 aromatic carbocycles. The van der Waals surface area contributed by atoms with Crippen molar-refractivity contribution in [2.45, 2.75) is 44.2 Å². The first-order valence-electron chi connectivity index (χ1n) is 10.8. The first-order valence-corrected chi connectivity index (χ1v) is 12.3. The molecule has 31 heavy (non-hydrogen) atoms. The largest absolute Gasteiger partial charge is 0.349 e. The van der Waals surface area contributed by atoms with Gasteiger partial charge in [-0.05, 0) is 56.5 Å². The fourth-order valence-corrected chi connectivity index (χ4v) is 5.78. The zero-order valence-electron chi connectivity index (χ0n) is 18.0. The van der Waals surface area contributed by atoms with E-state index >= 15 is 0 Å². The summed E-state index contributed by atoms with van der Waals surface area (Å²) in [5.74, 6) is -0.172. The highest BCUT2D eigenvalue weighted by atomic mass is 32.2. The first kappa shape index (κ1) is 21.6. The van der Waals surface area contributed by atoms with E-state index < -0.39 is 10.0 Å². The Hall–Kier alpha value is -2.64. The minimum Gasteiger partial charge on any atom is -0.349 e. The van der Waals surface area contributed by atoms with E-state index in [1.165, 1.54) is 4.31 Å². The number of nitrogens with zero attached hydrogens (tertiary/aromatic N) is 2. The van der Waals surface area contributed by atoms with Gasteiger partial charge in [-0.1, -0.05) is 30.3 Å². The minimum absolute atomic E-state index is 0.00396. The van der Waals surface area contributed by atoms with Gasteiger partial charge in [-0.2, -0.15) is 4.31 Å². The highest BCUT2D eigenvalue weighted by Gasteiger charge is 2.32. The third kappa shape index (κ3) is 4.38. The van der Waals surface area contributed by atoms with Gasteiger partial charge in [-0.3, -0.25) is 4.79 Å². The van der Waals surface area contributed by atoms with E-state index in [1.807, 2.05) is 55.6 Å². The summed E-state index contributed by atoms with van der Waals surface area (Å²) >= 11 is 0. The number of hydrogen-bond acceptors (Lipinski definition) is 3. The number of hydrogen-bond donors (Lipinski definition) is 1. The molecule has 1 amide bonds. The molecule has 0 saturated carbocycles. The molecule has 1 atom stereocenters. The lowest BCUT2D eigenvalue weighted by Crippen LogP contribution is -2.43. The van der Waals surface area contributed by atoms with Gasteiger partial charge in [-0.15, -0.1) is 0 Å². The lowest BCUT2D eigenvalue weighted by Gasteiger charge is -2.31. The van der Waals surface area contributed by atoms with E-state index in [4.69, 9.17) is 0 Å². The van der Waals surface area contributed by atoms with Crippen molar-refractivity contribution in [1.82, 2.24) is 14.2 Å². The molecule has 7 heteroatoms. The Balaban J connectivity index is 1.40. The Morgan fingerprint density at radius 1 is 1.10 bits per heavy atom. The number of sulfonamides is 1. The summed E-state index contributed by atoms with van der Waals surface area (Å²) in [5.41, 5.74) is 2.09. The third-order valence-electron chi connectivity index (χ3n) is 6.20. The summed E-state index contributed by atoms with van der Waals surface area (Å²) in [6.45, 7) is 5.58. The number of piperidine rings is 1. The van der Waals surface area contributed by atoms with Crippen LogP contribution in [0.15, 0.2) is 65.7 Å². The van der Waals surface area contributed by atoms with Crippen molar-refractivity contribution in [3.05, 3.63) is 66.4 Å². The van der Waals surface area contributed by atoms with Crippen molar-refractivity contribution in [1.29, 1.82) is 0 Å². The van der Waals surface area contributed by atoms with Crippen LogP contribution < -0.4 is 5.32 Å². The van der Waals surface area contributed by atoms with E-state index in [0.717, 1.165) is 23.0 Å². The SMILES string of the molecule is CCn1ccc2cc(S(=O)(=O)N3CCC(C(=O)N[C@@H](C)c4ccccc4)CC3)ccc21. The molecule has 2 heterocycles. The zero-order valence-corrected chi connectivity index (χ0v) is 18.8. The van der Waals surface area contributed by atoms with Gasteiger partial charge in [0.1, 0.15) is 0 Å². The summed E-state index contributed by atoms with van der Waals surface area (Å²) in [6.07, 6.45) is 3.03. The van der Waals surface area contributed by atoms with Crippen LogP contribution in [0.2, 0.25) is 0 Å². The second-order valence-electron chi connectivity index (χ2n) is 8.14. The normalized spacial score (nSPS) is 17.0. The molecule has 1 N–H and O–H groups in total. The fraction of sp³-hybridized carbons (Fsp3) is 0.375. The molecule has 1 aliphatic heterocycles. The van der Waals surface area contributed by atoms with Crippen LogP contribution in [0, 0.1) is 5.92 Å². The second kappa shape index (κ2) is 8.85. The molecule has 0 radical (unpaired) electrons. The molecule has 6 nitrogen and oxygen atoms in total. The van der Waals surface area contributed by atoms with Gasteiger partial charge in [0.25, 0.3) is 0 Å². The molecule has 0 unspecified atom stereocenters. The number of carbonyl (C=O) groups excluding carboxylic acids is 1. The second-order valence-corrected chi connectivity index (χ2v) is 10.1. The molecular formula is C24H29N3O3S. The quantitative estimate of drug-likeness (QED) is 0.632. The highest BCUT2D eigenvalue weighted by Crippen LogP contribution is 2.27. The highest BCUT2D eigenvalue weighted by molar-refractivity contribution is 7.89. The number of fused-ring (bicyclic) bond motifs is 1. The summed E-state index contributed by atoms with van der Waals surface area (Å²) < 4.78 is 29.9. The Morgan fingerprint density at radius 3 is 2.48 bits per heavy atom. The van der Waals surface area contributed by atoms with Crippen molar-refractivity contribution in [2.24, 2.45) is 5.92 Å². The van der Waals surface area contributed by atoms with E-state index in [2.05, 4.69) is 16.8 Å². The van der Waals surface area contributed by atoms with Crippen molar-refractivity contribution in [2.75, 3.05) is 13.1 Å². The molecule has 164 valence electrons. The smallest absolute Gasteiger partial charge is 0.243 e. The number of amides is 1. The van der Waals surface area contributed by atoms with Gasteiger partial charge >= 0.3 is 0 Å². The van der Waals surface area contributed by atoms with Crippen LogP contribution in [-0.2, 0) is 21.4 Å². The van der Waals surface area contributed by atoms with Crippen molar-refractivity contribution in [3.8, 4) is 0 Å². The van der Waals surface area contributed by atoms with Gasteiger partial charge in [0.15, 0.2) is 0 Å². The molecule has 1 fully saturated rings. The minimum atomic E-state index is -3.57. The van der Waals surface area contributed by atoms with Crippen LogP contribution in [0.1, 0.15) is 38.3 Å². The Labute approximate surface area is 183 Å². The van der Waals surface area contributed by atoms with E-state index in [0.29, 0.717) is 30.8 Å². The molecule has 0 bridgehead atoms. The standard InChI is InChI=1S/C24H29N3O3S/c1-3-26-14-11-21-17-22(9-10-23(21)26)31(29,30)27-15-12-20(13-16-27)24(28)25-18(2)19-7-5-4-6-8-19/h4-11,14,17-18,20H,3,12-13,15-16H2,1-2H3,(H,25,28)/t18-/m0/s1. The van der Waals surface area contributed by atoms with E-state index in [-0.39, 0.29) is 17.9 Å². The molecular weight excluding hydrogens is 410 g/mol. The third-order valence-corrected chi connectivity index (χ3v) is 8.10. The van der Waals surface area contributed by atoms with Crippen molar-refractivity contribution < 1.29 is 13.2 Å². The van der Waals surface area contributed by atoms with Crippen molar-refractivity contribution in [3.63, 3.8) is 0 Å². The average molecular weight is 440 g/mol. The van der Waals surface area contributed by atoms with Gasteiger partial charge in [0.2, 0.25) is 15.9 Å². The van der Waals surface area contributed by atoms with Crippen LogP contribution >= 0.6 is 0 Å². The molecule has 4 rings (SSSR count). The van der Waals surface area contributed by atoms with Crippen LogP contribution in [0.3, 0.4) is 0 Å². The number of benzene rings is 2. The summed E-state index contributed by atoms with van der Waals surface area (Å²) in [5, 5.41) is 3.99. The zero-order chi connectivity index (χ0) is 22.0. The predicted octanol–water partition coefficient (Wildman–Crippen LogP) is 3.94. The lowest BCUT2D eigenvalue weighted by molar-refractivity contribution is -0.126. The Morgan fingerprint density at radius 2 is 1.81 bits per heavy atom. The maximum Gasteiger partial charge on any atom is 0.243 e. The Bertz CT molecular complexity index is 1160. The number of rotatable bonds is 6. The van der Waals surface area contributed by atoms with Gasteiger partial charge in [0.05, 0.1) is 10.9 Å². The number of carbonyl (C=O) groups is 1. The summed E-state index contributed by atoms with van der Waals surface area (Å²) in [4.78, 5) is 13.0. The number of aryl methyl sites for hydroxylation is 1. The van der Waals surface area contributed by atoms with E-state index in [1.54, 1.807) is 12.1 Å². The lowest BCUT2D eigenvalue weighted by atomic mass is 9.96. The predicted molar refractivity (Wildman–Crippen MR) is 122 cm³/mol. The maximum atomic E-state index is 13.2. The number of aromatic nitrogens is 1. The maximum absolute atomic E-state index is 13.2. The van der Waals surface area contributed by atoms with Crippen LogP contribution in [-0.4, -0.2) is 36.3 Å². The van der Waals surface area contributed by atoms with Gasteiger partial charge in [-0.25, -0.2) is 8.42 Å². The summed E-state index contributed by atoms with van der Waals surface area (Å²) in [6, 6.07) is 17.0. The fourth-order valence-electron chi connectivity index (χ4n) is 4.28. The molecule has 0 spiro atoms. The molecule has 1 aromatic heterocycles. The summed E-state index contributed by atoms with van der Waals surface area (Å²) in [7, 11) is -3.57. The van der Waals surface area contributed by atoms with Gasteiger partial charge < -0.3 is 9.88 Å². The number of nitrogens with one attached hydrogen (secondary N) is 1. The molecule has 1 aliphatic rings. The average Bonchev–Trinajstić information content (AvgIpc) is 3.22. The molecule has 0 aliphatic carbocycles. The van der Waals surface area contributed by atoms with Crippen LogP contribution in [0.25, 0.3) is 10.9 Å². The topological polar surface area (TPSA) is 71.4 Å². The van der Waals surface area contributed by atoms with Crippen molar-refractivity contribution >= 4 is 26.8 Å².